The number of nitrogens with one attached hydrogen (secondary N) is 1. The van der Waals surface area contributed by atoms with Gasteiger partial charge in [0.2, 0.25) is 0 Å². The van der Waals surface area contributed by atoms with Crippen LogP contribution in [-0.2, 0) is 11.3 Å². The van der Waals surface area contributed by atoms with Crippen molar-refractivity contribution in [1.82, 2.24) is 5.32 Å². The zero-order valence-corrected chi connectivity index (χ0v) is 13.2. The zero-order chi connectivity index (χ0) is 15.1. The van der Waals surface area contributed by atoms with Crippen molar-refractivity contribution in [2.24, 2.45) is 0 Å². The van der Waals surface area contributed by atoms with Crippen molar-refractivity contribution < 1.29 is 9.47 Å². The van der Waals surface area contributed by atoms with E-state index in [-0.39, 0.29) is 0 Å². The average Bonchev–Trinajstić information content (AvgIpc) is 2.50. The summed E-state index contributed by atoms with van der Waals surface area (Å²) in [4.78, 5) is 0. The Hall–Kier alpha value is -1.26. The summed E-state index contributed by atoms with van der Waals surface area (Å²) in [6, 6.07) is 13.1. The first kappa shape index (κ1) is 16.1. The number of halogens is 2. The Kier molecular flexibility index (Phi) is 6.33. The highest BCUT2D eigenvalue weighted by Gasteiger charge is 2.06. The number of methoxy groups -OCH3 is 1. The molecular weight excluding hydrogens is 309 g/mol. The number of hydrogen-bond acceptors (Lipinski definition) is 3. The Balaban J connectivity index is 1.94. The van der Waals surface area contributed by atoms with Gasteiger partial charge in [0.25, 0.3) is 0 Å². The summed E-state index contributed by atoms with van der Waals surface area (Å²) in [5.74, 6) is 1.27. The molecule has 0 bridgehead atoms. The van der Waals surface area contributed by atoms with Crippen LogP contribution in [0.3, 0.4) is 0 Å². The molecule has 0 aliphatic rings. The number of benzene rings is 2. The molecular formula is C16H17Cl2NO2. The van der Waals surface area contributed by atoms with Gasteiger partial charge in [-0.15, -0.1) is 0 Å². The fourth-order valence-electron chi connectivity index (χ4n) is 1.77. The zero-order valence-electron chi connectivity index (χ0n) is 11.7. The lowest BCUT2D eigenvalue weighted by atomic mass is 10.2. The highest BCUT2D eigenvalue weighted by atomic mass is 35.5. The fraction of sp³-hybridized carbons (Fsp3) is 0.250. The maximum Gasteiger partial charge on any atom is 0.147 e. The molecule has 2 aromatic carbocycles. The molecule has 0 heterocycles. The molecule has 0 unspecified atom stereocenters. The van der Waals surface area contributed by atoms with E-state index in [0.717, 1.165) is 18.8 Å². The van der Waals surface area contributed by atoms with Gasteiger partial charge in [-0.05, 0) is 29.8 Å². The predicted octanol–water partition coefficient (Wildman–Crippen LogP) is 4.52. The Morgan fingerprint density at radius 2 is 1.81 bits per heavy atom. The summed E-state index contributed by atoms with van der Waals surface area (Å²) in [6.07, 6.45) is 0. The molecule has 5 heteroatoms. The topological polar surface area (TPSA) is 30.5 Å². The van der Waals surface area contributed by atoms with Crippen molar-refractivity contribution in [2.75, 3.05) is 20.3 Å². The van der Waals surface area contributed by atoms with Gasteiger partial charge in [0.15, 0.2) is 0 Å². The van der Waals surface area contributed by atoms with E-state index in [1.54, 1.807) is 25.3 Å². The number of rotatable bonds is 7. The van der Waals surface area contributed by atoms with Crippen LogP contribution in [0.1, 0.15) is 5.56 Å². The lowest BCUT2D eigenvalue weighted by Gasteiger charge is -2.09. The minimum Gasteiger partial charge on any atom is -0.456 e. The van der Waals surface area contributed by atoms with Crippen LogP contribution in [0.4, 0.5) is 0 Å². The summed E-state index contributed by atoms with van der Waals surface area (Å²) in [5, 5.41) is 4.18. The smallest absolute Gasteiger partial charge is 0.147 e. The molecule has 112 valence electrons. The first-order valence-electron chi connectivity index (χ1n) is 6.61. The van der Waals surface area contributed by atoms with E-state index in [1.165, 1.54) is 5.56 Å². The lowest BCUT2D eigenvalue weighted by Crippen LogP contribution is -2.18. The maximum absolute atomic E-state index is 6.09. The summed E-state index contributed by atoms with van der Waals surface area (Å²) < 4.78 is 10.7. The third kappa shape index (κ3) is 4.90. The molecule has 1 N–H and O–H groups in total. The standard InChI is InChI=1S/C16H17Cl2NO2/c1-20-10-9-19-11-12-5-7-13(8-6-12)21-15-4-2-3-14(17)16(15)18/h2-8,19H,9-11H2,1H3. The molecule has 2 aromatic rings. The van der Waals surface area contributed by atoms with Crippen LogP contribution in [-0.4, -0.2) is 20.3 Å². The van der Waals surface area contributed by atoms with Gasteiger partial charge < -0.3 is 14.8 Å². The van der Waals surface area contributed by atoms with Gasteiger partial charge in [-0.3, -0.25) is 0 Å². The number of hydrogen-bond donors (Lipinski definition) is 1. The predicted molar refractivity (Wildman–Crippen MR) is 86.6 cm³/mol. The molecule has 0 radical (unpaired) electrons. The first-order chi connectivity index (χ1) is 10.2. The summed E-state index contributed by atoms with van der Waals surface area (Å²) in [6.45, 7) is 2.32. The monoisotopic (exact) mass is 325 g/mol. The van der Waals surface area contributed by atoms with E-state index in [2.05, 4.69) is 5.32 Å². The second-order valence-corrected chi connectivity index (χ2v) is 5.25. The van der Waals surface area contributed by atoms with Gasteiger partial charge >= 0.3 is 0 Å². The maximum atomic E-state index is 6.09. The van der Waals surface area contributed by atoms with Crippen molar-refractivity contribution in [3.63, 3.8) is 0 Å². The largest absolute Gasteiger partial charge is 0.456 e. The molecule has 21 heavy (non-hydrogen) atoms. The second kappa shape index (κ2) is 8.25. The Labute approximate surface area is 134 Å². The lowest BCUT2D eigenvalue weighted by molar-refractivity contribution is 0.199. The molecule has 0 saturated heterocycles. The van der Waals surface area contributed by atoms with Crippen molar-refractivity contribution in [3.8, 4) is 11.5 Å². The van der Waals surface area contributed by atoms with Gasteiger partial charge in [-0.2, -0.15) is 0 Å². The van der Waals surface area contributed by atoms with E-state index >= 15 is 0 Å². The summed E-state index contributed by atoms with van der Waals surface area (Å²) in [7, 11) is 1.69. The van der Waals surface area contributed by atoms with Gasteiger partial charge in [-0.1, -0.05) is 41.4 Å². The van der Waals surface area contributed by atoms with Crippen LogP contribution < -0.4 is 10.1 Å². The molecule has 0 fully saturated rings. The third-order valence-electron chi connectivity index (χ3n) is 2.88. The van der Waals surface area contributed by atoms with E-state index in [1.807, 2.05) is 24.3 Å². The second-order valence-electron chi connectivity index (χ2n) is 4.47. The third-order valence-corrected chi connectivity index (χ3v) is 3.68. The van der Waals surface area contributed by atoms with Crippen LogP contribution in [0.15, 0.2) is 42.5 Å². The van der Waals surface area contributed by atoms with Crippen LogP contribution >= 0.6 is 23.2 Å². The van der Waals surface area contributed by atoms with Crippen molar-refractivity contribution >= 4 is 23.2 Å². The van der Waals surface area contributed by atoms with E-state index in [9.17, 15) is 0 Å². The SMILES string of the molecule is COCCNCc1ccc(Oc2cccc(Cl)c2Cl)cc1. The minimum absolute atomic E-state index is 0.421. The van der Waals surface area contributed by atoms with Gasteiger partial charge in [0.1, 0.15) is 16.5 Å². The van der Waals surface area contributed by atoms with E-state index in [0.29, 0.717) is 22.4 Å². The molecule has 0 spiro atoms. The highest BCUT2D eigenvalue weighted by Crippen LogP contribution is 2.34. The van der Waals surface area contributed by atoms with Crippen LogP contribution in [0.25, 0.3) is 0 Å². The van der Waals surface area contributed by atoms with Crippen molar-refractivity contribution in [2.45, 2.75) is 6.54 Å². The van der Waals surface area contributed by atoms with Gasteiger partial charge in [0.05, 0.1) is 11.6 Å². The Morgan fingerprint density at radius 3 is 2.52 bits per heavy atom. The molecule has 0 amide bonds. The molecule has 0 aromatic heterocycles. The van der Waals surface area contributed by atoms with E-state index < -0.39 is 0 Å². The number of ether oxygens (including phenoxy) is 2. The minimum atomic E-state index is 0.421. The van der Waals surface area contributed by atoms with Crippen molar-refractivity contribution in [3.05, 3.63) is 58.1 Å². The van der Waals surface area contributed by atoms with E-state index in [4.69, 9.17) is 32.7 Å². The molecule has 0 aliphatic carbocycles. The van der Waals surface area contributed by atoms with Crippen LogP contribution in [0.5, 0.6) is 11.5 Å². The first-order valence-corrected chi connectivity index (χ1v) is 7.37. The van der Waals surface area contributed by atoms with Crippen LogP contribution in [0.2, 0.25) is 10.0 Å². The Morgan fingerprint density at radius 1 is 1.05 bits per heavy atom. The molecule has 0 atom stereocenters. The molecule has 2 rings (SSSR count). The fourth-order valence-corrected chi connectivity index (χ4v) is 2.10. The summed E-state index contributed by atoms with van der Waals surface area (Å²) in [5.41, 5.74) is 1.18. The molecule has 3 nitrogen and oxygen atoms in total. The molecule has 0 aliphatic heterocycles. The van der Waals surface area contributed by atoms with Crippen LogP contribution in [0, 0.1) is 0 Å². The Bertz CT molecular complexity index is 573. The normalized spacial score (nSPS) is 10.6. The molecule has 0 saturated carbocycles. The van der Waals surface area contributed by atoms with Gasteiger partial charge in [0, 0.05) is 20.2 Å². The highest BCUT2D eigenvalue weighted by molar-refractivity contribution is 6.42. The van der Waals surface area contributed by atoms with Gasteiger partial charge in [-0.25, -0.2) is 0 Å². The quantitative estimate of drug-likeness (QED) is 0.759. The summed E-state index contributed by atoms with van der Waals surface area (Å²) >= 11 is 12.1. The van der Waals surface area contributed by atoms with Crippen molar-refractivity contribution in [1.29, 1.82) is 0 Å². The average molecular weight is 326 g/mol.